The average Bonchev–Trinajstić information content (AvgIpc) is 2.52. The maximum Gasteiger partial charge on any atom is 0.420 e. The topological polar surface area (TPSA) is 116 Å². The van der Waals surface area contributed by atoms with Crippen molar-refractivity contribution in [2.75, 3.05) is 12.8 Å². The van der Waals surface area contributed by atoms with Gasteiger partial charge in [0.15, 0.2) is 0 Å². The maximum absolute atomic E-state index is 13.3. The summed E-state index contributed by atoms with van der Waals surface area (Å²) >= 11 is 5.85. The van der Waals surface area contributed by atoms with Crippen LogP contribution in [0.15, 0.2) is 16.9 Å². The number of hydrogen-bond donors (Lipinski definition) is 2. The monoisotopic (exact) mass is 368 g/mol. The van der Waals surface area contributed by atoms with Gasteiger partial charge in [0.05, 0.1) is 17.7 Å². The number of benzene rings is 1. The van der Waals surface area contributed by atoms with Crippen LogP contribution < -0.4 is 16.0 Å². The summed E-state index contributed by atoms with van der Waals surface area (Å²) in [6.07, 6.45) is -4.82. The first-order chi connectivity index (χ1) is 11.6. The van der Waals surface area contributed by atoms with Crippen molar-refractivity contribution in [3.8, 4) is 29.0 Å². The number of nitriles is 2. The van der Waals surface area contributed by atoms with E-state index in [2.05, 4.69) is 9.72 Å². The van der Waals surface area contributed by atoms with E-state index in [0.717, 1.165) is 13.2 Å². The zero-order valence-corrected chi connectivity index (χ0v) is 13.2. The van der Waals surface area contributed by atoms with E-state index in [1.54, 1.807) is 12.1 Å². The van der Waals surface area contributed by atoms with Crippen molar-refractivity contribution >= 4 is 17.4 Å². The molecule has 2 aromatic rings. The van der Waals surface area contributed by atoms with Crippen molar-refractivity contribution in [2.45, 2.75) is 6.18 Å². The number of hydrogen-bond acceptors (Lipinski definition) is 5. The summed E-state index contributed by atoms with van der Waals surface area (Å²) in [5.41, 5.74) is 1.90. The fraction of sp³-hybridized carbons (Fsp3) is 0.133. The van der Waals surface area contributed by atoms with Crippen molar-refractivity contribution in [1.29, 1.82) is 10.5 Å². The third-order valence-corrected chi connectivity index (χ3v) is 3.59. The fourth-order valence-electron chi connectivity index (χ4n) is 2.29. The molecule has 0 radical (unpaired) electrons. The van der Waals surface area contributed by atoms with Gasteiger partial charge in [-0.3, -0.25) is 4.79 Å². The summed E-state index contributed by atoms with van der Waals surface area (Å²) < 4.78 is 44.5. The standard InChI is InChI=1S/C15H8ClF3N4O2/c1-25-12-9(15(17,18)19)2-6(3-10(12)16)11-7(4-20)13(22)23-14(24)8(11)5-21/h2-3H,1H3,(H3,22,23,24). The molecule has 0 amide bonds. The summed E-state index contributed by atoms with van der Waals surface area (Å²) in [7, 11) is 1.02. The molecule has 0 aliphatic heterocycles. The van der Waals surface area contributed by atoms with Gasteiger partial charge < -0.3 is 15.5 Å². The Hall–Kier alpha value is -3.17. The van der Waals surface area contributed by atoms with Gasteiger partial charge in [-0.25, -0.2) is 0 Å². The lowest BCUT2D eigenvalue weighted by Gasteiger charge is -2.16. The minimum Gasteiger partial charge on any atom is -0.495 e. The maximum atomic E-state index is 13.3. The molecule has 10 heteroatoms. The Morgan fingerprint density at radius 1 is 1.24 bits per heavy atom. The van der Waals surface area contributed by atoms with Crippen molar-refractivity contribution in [3.05, 3.63) is 44.2 Å². The lowest BCUT2D eigenvalue weighted by molar-refractivity contribution is -0.138. The Kier molecular flexibility index (Phi) is 4.64. The van der Waals surface area contributed by atoms with E-state index in [9.17, 15) is 28.5 Å². The van der Waals surface area contributed by atoms with Gasteiger partial charge in [0.1, 0.15) is 34.8 Å². The number of ether oxygens (including phenoxy) is 1. The van der Waals surface area contributed by atoms with E-state index >= 15 is 0 Å². The number of nitrogen functional groups attached to an aromatic ring is 1. The van der Waals surface area contributed by atoms with Gasteiger partial charge in [-0.15, -0.1) is 0 Å². The van der Waals surface area contributed by atoms with Crippen LogP contribution in [0.3, 0.4) is 0 Å². The SMILES string of the molecule is COc1c(Cl)cc(-c2c(C#N)c(N)[nH]c(=O)c2C#N)cc1C(F)(F)F. The molecule has 6 nitrogen and oxygen atoms in total. The molecule has 128 valence electrons. The van der Waals surface area contributed by atoms with Gasteiger partial charge in [0.2, 0.25) is 0 Å². The van der Waals surface area contributed by atoms with E-state index in [0.29, 0.717) is 6.07 Å². The molecule has 3 N–H and O–H groups in total. The number of pyridine rings is 1. The van der Waals surface area contributed by atoms with E-state index in [1.165, 1.54) is 0 Å². The van der Waals surface area contributed by atoms with Gasteiger partial charge in [-0.1, -0.05) is 11.6 Å². The quantitative estimate of drug-likeness (QED) is 0.845. The molecule has 0 fully saturated rings. The Morgan fingerprint density at radius 3 is 2.32 bits per heavy atom. The Balaban J connectivity index is 2.99. The predicted octanol–water partition coefficient (Wildman–Crippen LogP) is 3.05. The smallest absolute Gasteiger partial charge is 0.420 e. The van der Waals surface area contributed by atoms with Crippen LogP contribution in [-0.2, 0) is 6.18 Å². The largest absolute Gasteiger partial charge is 0.495 e. The Bertz CT molecular complexity index is 1000. The molecule has 0 bridgehead atoms. The lowest BCUT2D eigenvalue weighted by atomic mass is 9.95. The zero-order chi connectivity index (χ0) is 18.9. The van der Waals surface area contributed by atoms with Gasteiger partial charge in [-0.2, -0.15) is 23.7 Å². The van der Waals surface area contributed by atoms with Crippen LogP contribution in [0, 0.1) is 22.7 Å². The second kappa shape index (κ2) is 6.38. The minimum absolute atomic E-state index is 0.260. The Morgan fingerprint density at radius 2 is 1.84 bits per heavy atom. The molecule has 0 saturated heterocycles. The second-order valence-electron chi connectivity index (χ2n) is 4.75. The molecule has 25 heavy (non-hydrogen) atoms. The number of methoxy groups -OCH3 is 1. The first-order valence-electron chi connectivity index (χ1n) is 6.46. The van der Waals surface area contributed by atoms with Crippen molar-refractivity contribution in [3.63, 3.8) is 0 Å². The fourth-order valence-corrected chi connectivity index (χ4v) is 2.58. The number of anilines is 1. The van der Waals surface area contributed by atoms with Gasteiger partial charge in [0, 0.05) is 5.56 Å². The van der Waals surface area contributed by atoms with Crippen molar-refractivity contribution < 1.29 is 17.9 Å². The molecule has 1 aromatic heterocycles. The first-order valence-corrected chi connectivity index (χ1v) is 6.84. The van der Waals surface area contributed by atoms with E-state index < -0.39 is 33.6 Å². The average molecular weight is 369 g/mol. The normalized spacial score (nSPS) is 10.8. The number of nitrogens with zero attached hydrogens (tertiary/aromatic N) is 2. The lowest BCUT2D eigenvalue weighted by Crippen LogP contribution is -2.16. The van der Waals surface area contributed by atoms with Crippen LogP contribution in [0.5, 0.6) is 5.75 Å². The minimum atomic E-state index is -4.82. The summed E-state index contributed by atoms with van der Waals surface area (Å²) in [6.45, 7) is 0. The molecular formula is C15H8ClF3N4O2. The Labute approximate surface area is 143 Å². The highest BCUT2D eigenvalue weighted by Crippen LogP contribution is 2.43. The van der Waals surface area contributed by atoms with Crippen LogP contribution in [0.2, 0.25) is 5.02 Å². The third-order valence-electron chi connectivity index (χ3n) is 3.31. The molecule has 0 aliphatic carbocycles. The predicted molar refractivity (Wildman–Crippen MR) is 82.9 cm³/mol. The molecular weight excluding hydrogens is 361 g/mol. The summed E-state index contributed by atoms with van der Waals surface area (Å²) in [4.78, 5) is 14.0. The molecule has 0 unspecified atom stereocenters. The first kappa shape index (κ1) is 18.2. The highest BCUT2D eigenvalue weighted by molar-refractivity contribution is 6.32. The highest BCUT2D eigenvalue weighted by Gasteiger charge is 2.36. The molecule has 0 atom stereocenters. The highest BCUT2D eigenvalue weighted by atomic mass is 35.5. The molecule has 1 aromatic carbocycles. The van der Waals surface area contributed by atoms with E-state index in [4.69, 9.17) is 17.3 Å². The van der Waals surface area contributed by atoms with Gasteiger partial charge in [-0.05, 0) is 17.7 Å². The van der Waals surface area contributed by atoms with Crippen LogP contribution in [-0.4, -0.2) is 12.1 Å². The molecule has 0 spiro atoms. The summed E-state index contributed by atoms with van der Waals surface area (Å²) in [5, 5.41) is 18.0. The second-order valence-corrected chi connectivity index (χ2v) is 5.16. The number of halogens is 4. The number of H-pyrrole nitrogens is 1. The van der Waals surface area contributed by atoms with Crippen molar-refractivity contribution in [1.82, 2.24) is 4.98 Å². The molecule has 1 heterocycles. The van der Waals surface area contributed by atoms with Crippen LogP contribution in [0.1, 0.15) is 16.7 Å². The number of nitrogens with two attached hydrogens (primary N) is 1. The van der Waals surface area contributed by atoms with Gasteiger partial charge in [0.25, 0.3) is 5.56 Å². The van der Waals surface area contributed by atoms with E-state index in [-0.39, 0.29) is 22.5 Å². The number of nitrogens with one attached hydrogen (secondary N) is 1. The van der Waals surface area contributed by atoms with Crippen LogP contribution in [0.25, 0.3) is 11.1 Å². The summed E-state index contributed by atoms with van der Waals surface area (Å²) in [5.74, 6) is -0.991. The van der Waals surface area contributed by atoms with E-state index in [1.807, 2.05) is 0 Å². The third kappa shape index (κ3) is 3.10. The van der Waals surface area contributed by atoms with Crippen molar-refractivity contribution in [2.24, 2.45) is 0 Å². The van der Waals surface area contributed by atoms with Crippen LogP contribution >= 0.6 is 11.6 Å². The molecule has 0 aliphatic rings. The number of alkyl halides is 3. The zero-order valence-electron chi connectivity index (χ0n) is 12.5. The number of rotatable bonds is 2. The number of aromatic amines is 1. The summed E-state index contributed by atoms with van der Waals surface area (Å²) in [6, 6.07) is 4.93. The van der Waals surface area contributed by atoms with Crippen LogP contribution in [0.4, 0.5) is 19.0 Å². The molecule has 0 saturated carbocycles. The number of aromatic nitrogens is 1. The van der Waals surface area contributed by atoms with Gasteiger partial charge >= 0.3 is 6.18 Å². The molecule has 2 rings (SSSR count).